The van der Waals surface area contributed by atoms with E-state index >= 15 is 0 Å². The standard InChI is InChI=1S/C13H13Cl2NO4/c1-3-19-7-9(13(18)20-4-2)11(17)8-5-6-10(14)16-12(8)15/h5-7H,3-4H2,1-2H3/b9-7+. The summed E-state index contributed by atoms with van der Waals surface area (Å²) in [5.74, 6) is -1.41. The van der Waals surface area contributed by atoms with E-state index in [1.54, 1.807) is 13.8 Å². The number of carbonyl (C=O) groups is 2. The predicted octanol–water partition coefficient (Wildman–Crippen LogP) is 3.05. The van der Waals surface area contributed by atoms with Crippen molar-refractivity contribution < 1.29 is 19.1 Å². The van der Waals surface area contributed by atoms with E-state index in [9.17, 15) is 9.59 Å². The van der Waals surface area contributed by atoms with Gasteiger partial charge in [0.15, 0.2) is 0 Å². The lowest BCUT2D eigenvalue weighted by Crippen LogP contribution is -2.17. The molecule has 0 unspecified atom stereocenters. The lowest BCUT2D eigenvalue weighted by atomic mass is 10.1. The molecule has 0 radical (unpaired) electrons. The predicted molar refractivity (Wildman–Crippen MR) is 74.9 cm³/mol. The molecule has 0 N–H and O–H groups in total. The molecule has 0 aliphatic heterocycles. The normalized spacial score (nSPS) is 11.1. The fourth-order valence-electron chi connectivity index (χ4n) is 1.30. The number of hydrogen-bond donors (Lipinski definition) is 0. The summed E-state index contributed by atoms with van der Waals surface area (Å²) in [4.78, 5) is 27.8. The molecule has 0 amide bonds. The number of ether oxygens (including phenoxy) is 2. The molecule has 1 heterocycles. The highest BCUT2D eigenvalue weighted by molar-refractivity contribution is 6.37. The smallest absolute Gasteiger partial charge is 0.345 e. The number of ketones is 1. The molecule has 0 saturated heterocycles. The molecular formula is C13H13Cl2NO4. The molecule has 0 bridgehead atoms. The van der Waals surface area contributed by atoms with Crippen LogP contribution in [0.1, 0.15) is 24.2 Å². The number of hydrogen-bond acceptors (Lipinski definition) is 5. The largest absolute Gasteiger partial charge is 0.500 e. The van der Waals surface area contributed by atoms with Crippen LogP contribution in [0.25, 0.3) is 0 Å². The molecule has 0 atom stereocenters. The molecule has 0 fully saturated rings. The molecule has 5 nitrogen and oxygen atoms in total. The number of esters is 1. The van der Waals surface area contributed by atoms with Gasteiger partial charge >= 0.3 is 5.97 Å². The monoisotopic (exact) mass is 317 g/mol. The lowest BCUT2D eigenvalue weighted by molar-refractivity contribution is -0.138. The van der Waals surface area contributed by atoms with Gasteiger partial charge in [0, 0.05) is 0 Å². The summed E-state index contributed by atoms with van der Waals surface area (Å²) in [7, 11) is 0. The summed E-state index contributed by atoms with van der Waals surface area (Å²) in [6.45, 7) is 3.81. The van der Waals surface area contributed by atoms with Gasteiger partial charge in [-0.05, 0) is 26.0 Å². The Morgan fingerprint density at radius 3 is 2.50 bits per heavy atom. The van der Waals surface area contributed by atoms with Gasteiger partial charge in [-0.3, -0.25) is 4.79 Å². The number of nitrogens with zero attached hydrogens (tertiary/aromatic N) is 1. The minimum atomic E-state index is -0.781. The lowest BCUT2D eigenvalue weighted by Gasteiger charge is -2.07. The van der Waals surface area contributed by atoms with Crippen molar-refractivity contribution >= 4 is 35.0 Å². The molecule has 0 saturated carbocycles. The summed E-state index contributed by atoms with van der Waals surface area (Å²) >= 11 is 11.5. The summed E-state index contributed by atoms with van der Waals surface area (Å²) < 4.78 is 9.81. The Balaban J connectivity index is 3.13. The van der Waals surface area contributed by atoms with Crippen molar-refractivity contribution in [2.75, 3.05) is 13.2 Å². The second-order valence-corrected chi connectivity index (χ2v) is 4.25. The maximum Gasteiger partial charge on any atom is 0.345 e. The Kier molecular flexibility index (Phi) is 6.48. The van der Waals surface area contributed by atoms with E-state index in [4.69, 9.17) is 32.7 Å². The molecule has 1 aromatic heterocycles. The maximum absolute atomic E-state index is 12.3. The molecule has 0 spiro atoms. The van der Waals surface area contributed by atoms with Gasteiger partial charge in [0.25, 0.3) is 0 Å². The van der Waals surface area contributed by atoms with E-state index in [1.807, 2.05) is 0 Å². The van der Waals surface area contributed by atoms with Gasteiger partial charge < -0.3 is 9.47 Å². The molecule has 108 valence electrons. The van der Waals surface area contributed by atoms with Crippen LogP contribution in [-0.2, 0) is 14.3 Å². The van der Waals surface area contributed by atoms with Crippen LogP contribution in [0.5, 0.6) is 0 Å². The summed E-state index contributed by atoms with van der Waals surface area (Å²) in [6.07, 6.45) is 1.06. The maximum atomic E-state index is 12.3. The van der Waals surface area contributed by atoms with Crippen LogP contribution in [0.15, 0.2) is 24.0 Å². The third-order valence-electron chi connectivity index (χ3n) is 2.17. The van der Waals surface area contributed by atoms with Crippen molar-refractivity contribution in [3.05, 3.63) is 39.8 Å². The van der Waals surface area contributed by atoms with Crippen LogP contribution >= 0.6 is 23.2 Å². The van der Waals surface area contributed by atoms with Gasteiger partial charge in [-0.15, -0.1) is 0 Å². The van der Waals surface area contributed by atoms with E-state index in [0.717, 1.165) is 6.26 Å². The van der Waals surface area contributed by atoms with Gasteiger partial charge in [-0.1, -0.05) is 23.2 Å². The van der Waals surface area contributed by atoms with Crippen molar-refractivity contribution in [2.24, 2.45) is 0 Å². The molecule has 0 aliphatic rings. The van der Waals surface area contributed by atoms with E-state index in [1.165, 1.54) is 12.1 Å². The third-order valence-corrected chi connectivity index (χ3v) is 2.67. The molecular weight excluding hydrogens is 305 g/mol. The number of halogens is 2. The number of pyridine rings is 1. The fourth-order valence-corrected chi connectivity index (χ4v) is 1.73. The fraction of sp³-hybridized carbons (Fsp3) is 0.308. The Bertz CT molecular complexity index is 543. The molecule has 7 heteroatoms. The van der Waals surface area contributed by atoms with Crippen LogP contribution in [0.3, 0.4) is 0 Å². The van der Waals surface area contributed by atoms with Gasteiger partial charge in [-0.25, -0.2) is 9.78 Å². The molecule has 20 heavy (non-hydrogen) atoms. The molecule has 1 rings (SSSR count). The SMILES string of the molecule is CCO/C=C(/C(=O)OCC)C(=O)c1ccc(Cl)nc1Cl. The molecule has 0 aromatic carbocycles. The van der Waals surface area contributed by atoms with E-state index in [-0.39, 0.29) is 28.0 Å². The summed E-state index contributed by atoms with van der Waals surface area (Å²) in [5, 5.41) is 0.0622. The second-order valence-electron chi connectivity index (χ2n) is 3.51. The second kappa shape index (κ2) is 7.87. The minimum Gasteiger partial charge on any atom is -0.500 e. The first-order valence-electron chi connectivity index (χ1n) is 5.86. The zero-order chi connectivity index (χ0) is 15.1. The van der Waals surface area contributed by atoms with Gasteiger partial charge in [0.05, 0.1) is 18.8 Å². The van der Waals surface area contributed by atoms with E-state index in [0.29, 0.717) is 6.61 Å². The number of rotatable bonds is 6. The van der Waals surface area contributed by atoms with Crippen LogP contribution in [0.2, 0.25) is 10.3 Å². The summed E-state index contributed by atoms with van der Waals surface area (Å²) in [6, 6.07) is 2.79. The zero-order valence-corrected chi connectivity index (χ0v) is 12.5. The number of Topliss-reactive ketones (excluding diaryl/α,β-unsaturated/α-hetero) is 1. The Hall–Kier alpha value is -1.59. The minimum absolute atomic E-state index is 0.0510. The van der Waals surface area contributed by atoms with E-state index < -0.39 is 11.8 Å². The highest BCUT2D eigenvalue weighted by Gasteiger charge is 2.24. The van der Waals surface area contributed by atoms with Crippen LogP contribution in [0.4, 0.5) is 0 Å². The highest BCUT2D eigenvalue weighted by atomic mass is 35.5. The quantitative estimate of drug-likeness (QED) is 0.153. The summed E-state index contributed by atoms with van der Waals surface area (Å²) in [5.41, 5.74) is -0.199. The number of aromatic nitrogens is 1. The van der Waals surface area contributed by atoms with Crippen molar-refractivity contribution in [1.29, 1.82) is 0 Å². The van der Waals surface area contributed by atoms with Crippen molar-refractivity contribution in [1.82, 2.24) is 4.98 Å². The molecule has 1 aromatic rings. The van der Waals surface area contributed by atoms with Crippen LogP contribution in [0, 0.1) is 0 Å². The highest BCUT2D eigenvalue weighted by Crippen LogP contribution is 2.20. The van der Waals surface area contributed by atoms with Crippen molar-refractivity contribution in [2.45, 2.75) is 13.8 Å². The van der Waals surface area contributed by atoms with Gasteiger partial charge in [0.1, 0.15) is 22.1 Å². The average Bonchev–Trinajstić information content (AvgIpc) is 2.39. The zero-order valence-electron chi connectivity index (χ0n) is 11.0. The first kappa shape index (κ1) is 16.5. The third kappa shape index (κ3) is 4.21. The topological polar surface area (TPSA) is 65.5 Å². The Morgan fingerprint density at radius 2 is 1.95 bits per heavy atom. The van der Waals surface area contributed by atoms with Crippen molar-refractivity contribution in [3.8, 4) is 0 Å². The first-order chi connectivity index (χ1) is 9.51. The first-order valence-corrected chi connectivity index (χ1v) is 6.62. The van der Waals surface area contributed by atoms with Crippen LogP contribution < -0.4 is 0 Å². The van der Waals surface area contributed by atoms with Gasteiger partial charge in [-0.2, -0.15) is 0 Å². The van der Waals surface area contributed by atoms with E-state index in [2.05, 4.69) is 4.98 Å². The average molecular weight is 318 g/mol. The number of carbonyl (C=O) groups excluding carboxylic acids is 2. The van der Waals surface area contributed by atoms with Crippen molar-refractivity contribution in [3.63, 3.8) is 0 Å². The Morgan fingerprint density at radius 1 is 1.25 bits per heavy atom. The van der Waals surface area contributed by atoms with Crippen LogP contribution in [-0.4, -0.2) is 30.0 Å². The molecule has 0 aliphatic carbocycles. The Labute approximate surface area is 126 Å². The van der Waals surface area contributed by atoms with Gasteiger partial charge in [0.2, 0.25) is 5.78 Å².